The predicted octanol–water partition coefficient (Wildman–Crippen LogP) is 4.61. The van der Waals surface area contributed by atoms with Crippen LogP contribution in [0.25, 0.3) is 0 Å². The third-order valence-corrected chi connectivity index (χ3v) is 9.58. The first-order valence-corrected chi connectivity index (χ1v) is 13.7. The van der Waals surface area contributed by atoms with Gasteiger partial charge in [0.1, 0.15) is 0 Å². The number of hydrogen-bond donors (Lipinski definition) is 1. The van der Waals surface area contributed by atoms with E-state index in [-0.39, 0.29) is 17.8 Å². The lowest BCUT2D eigenvalue weighted by Crippen LogP contribution is -2.56. The molecule has 4 bridgehead atoms. The molecule has 0 radical (unpaired) electrons. The van der Waals surface area contributed by atoms with Crippen molar-refractivity contribution in [2.45, 2.75) is 102 Å². The van der Waals surface area contributed by atoms with Gasteiger partial charge in [0.05, 0.1) is 18.6 Å². The minimum atomic E-state index is -0.158. The van der Waals surface area contributed by atoms with E-state index in [9.17, 15) is 9.59 Å². The molecule has 1 heterocycles. The molecule has 33 heavy (non-hydrogen) atoms. The Labute approximate surface area is 197 Å². The molecular weight excluding hydrogens is 414 g/mol. The standard InChI is InChI=1S/C27H39N3O3/c1-2-33-27(32)18-8-9-23-22(15-18)25(29-30(23)21-6-4-3-5-7-21)26(31)28-24-19-11-16-10-17(13-19)14-20(24)12-16/h16-21,24H,2-15H2,1H3,(H,28,31)/t16?,17?,18-,19?,20?,24?/m0/s1. The second kappa shape index (κ2) is 8.74. The zero-order valence-corrected chi connectivity index (χ0v) is 20.1. The van der Waals surface area contributed by atoms with Crippen LogP contribution in [-0.4, -0.2) is 34.3 Å². The molecule has 1 aromatic rings. The van der Waals surface area contributed by atoms with Crippen LogP contribution in [0.4, 0.5) is 0 Å². The molecule has 5 fully saturated rings. The van der Waals surface area contributed by atoms with Crippen LogP contribution in [0.3, 0.4) is 0 Å². The van der Waals surface area contributed by atoms with Crippen LogP contribution in [0.1, 0.15) is 105 Å². The molecule has 6 aliphatic carbocycles. The summed E-state index contributed by atoms with van der Waals surface area (Å²) in [6.07, 6.45) is 14.8. The van der Waals surface area contributed by atoms with Gasteiger partial charge >= 0.3 is 5.97 Å². The molecule has 0 spiro atoms. The molecule has 1 amide bonds. The number of esters is 1. The summed E-state index contributed by atoms with van der Waals surface area (Å²) in [6, 6.07) is 0.708. The van der Waals surface area contributed by atoms with E-state index < -0.39 is 0 Å². The summed E-state index contributed by atoms with van der Waals surface area (Å²) < 4.78 is 7.54. The fraction of sp³-hybridized carbons (Fsp3) is 0.815. The summed E-state index contributed by atoms with van der Waals surface area (Å²) in [5, 5.41) is 8.47. The number of carbonyl (C=O) groups excluding carboxylic acids is 2. The van der Waals surface area contributed by atoms with Gasteiger partial charge in [-0.3, -0.25) is 14.3 Å². The Morgan fingerprint density at radius 3 is 2.36 bits per heavy atom. The first-order chi connectivity index (χ1) is 16.1. The molecule has 0 unspecified atom stereocenters. The fourth-order valence-electron chi connectivity index (χ4n) is 8.29. The second-order valence-electron chi connectivity index (χ2n) is 11.6. The van der Waals surface area contributed by atoms with Crippen molar-refractivity contribution in [3.63, 3.8) is 0 Å². The number of nitrogens with zero attached hydrogens (tertiary/aromatic N) is 2. The van der Waals surface area contributed by atoms with Crippen LogP contribution in [0.5, 0.6) is 0 Å². The number of ether oxygens (including phenoxy) is 1. The molecule has 6 nitrogen and oxygen atoms in total. The maximum Gasteiger partial charge on any atom is 0.309 e. The van der Waals surface area contributed by atoms with E-state index >= 15 is 0 Å². The zero-order valence-electron chi connectivity index (χ0n) is 20.1. The highest BCUT2D eigenvalue weighted by Crippen LogP contribution is 2.53. The summed E-state index contributed by atoms with van der Waals surface area (Å²) in [5.74, 6) is 2.80. The summed E-state index contributed by atoms with van der Waals surface area (Å²) in [6.45, 7) is 2.26. The molecule has 0 aliphatic heterocycles. The van der Waals surface area contributed by atoms with Crippen molar-refractivity contribution in [2.24, 2.45) is 29.6 Å². The van der Waals surface area contributed by atoms with Crippen LogP contribution in [0, 0.1) is 29.6 Å². The molecule has 7 rings (SSSR count). The molecule has 1 N–H and O–H groups in total. The van der Waals surface area contributed by atoms with Gasteiger partial charge in [-0.2, -0.15) is 5.10 Å². The normalized spacial score (nSPS) is 35.3. The Kier molecular flexibility index (Phi) is 5.74. The van der Waals surface area contributed by atoms with E-state index in [2.05, 4.69) is 10.00 Å². The van der Waals surface area contributed by atoms with E-state index in [0.29, 0.717) is 42.6 Å². The quantitative estimate of drug-likeness (QED) is 0.661. The van der Waals surface area contributed by atoms with E-state index in [0.717, 1.165) is 43.1 Å². The van der Waals surface area contributed by atoms with Gasteiger partial charge in [-0.25, -0.2) is 0 Å². The van der Waals surface area contributed by atoms with Crippen LogP contribution in [-0.2, 0) is 22.4 Å². The van der Waals surface area contributed by atoms with E-state index in [4.69, 9.17) is 9.84 Å². The lowest BCUT2D eigenvalue weighted by Gasteiger charge is -2.54. The van der Waals surface area contributed by atoms with E-state index in [1.165, 1.54) is 57.1 Å². The highest BCUT2D eigenvalue weighted by molar-refractivity contribution is 5.94. The summed E-state index contributed by atoms with van der Waals surface area (Å²) in [7, 11) is 0. The maximum atomic E-state index is 13.7. The van der Waals surface area contributed by atoms with Crippen LogP contribution >= 0.6 is 0 Å². The van der Waals surface area contributed by atoms with Crippen LogP contribution in [0.15, 0.2) is 0 Å². The lowest BCUT2D eigenvalue weighted by molar-refractivity contribution is -0.148. The smallest absolute Gasteiger partial charge is 0.309 e. The Morgan fingerprint density at radius 1 is 1.00 bits per heavy atom. The Morgan fingerprint density at radius 2 is 1.70 bits per heavy atom. The van der Waals surface area contributed by atoms with Crippen molar-refractivity contribution in [1.82, 2.24) is 15.1 Å². The minimum Gasteiger partial charge on any atom is -0.466 e. The SMILES string of the molecule is CCOC(=O)[C@H]1CCc2c(c(C(=O)NC3C4CC5CC(C4)CC3C5)nn2C2CCCCC2)C1. The summed E-state index contributed by atoms with van der Waals surface area (Å²) in [4.78, 5) is 26.2. The summed E-state index contributed by atoms with van der Waals surface area (Å²) in [5.41, 5.74) is 2.82. The molecule has 0 aromatic carbocycles. The van der Waals surface area contributed by atoms with Gasteiger partial charge in [0, 0.05) is 17.3 Å². The van der Waals surface area contributed by atoms with E-state index in [1.807, 2.05) is 6.92 Å². The highest BCUT2D eigenvalue weighted by Gasteiger charge is 2.49. The number of carbonyl (C=O) groups is 2. The molecule has 180 valence electrons. The van der Waals surface area contributed by atoms with Crippen molar-refractivity contribution in [3.05, 3.63) is 17.0 Å². The van der Waals surface area contributed by atoms with Crippen molar-refractivity contribution in [2.75, 3.05) is 6.61 Å². The number of hydrogen-bond acceptors (Lipinski definition) is 4. The van der Waals surface area contributed by atoms with Gasteiger partial charge in [-0.15, -0.1) is 0 Å². The van der Waals surface area contributed by atoms with Crippen LogP contribution < -0.4 is 5.32 Å². The lowest BCUT2D eigenvalue weighted by atomic mass is 9.54. The average Bonchev–Trinajstić information content (AvgIpc) is 3.20. The topological polar surface area (TPSA) is 73.2 Å². The number of amides is 1. The van der Waals surface area contributed by atoms with Crippen molar-refractivity contribution in [1.29, 1.82) is 0 Å². The number of fused-ring (bicyclic) bond motifs is 1. The van der Waals surface area contributed by atoms with Gasteiger partial charge in [-0.05, 0) is 94.8 Å². The maximum absolute atomic E-state index is 13.7. The first kappa shape index (κ1) is 21.7. The molecule has 1 aromatic heterocycles. The average molecular weight is 454 g/mol. The fourth-order valence-corrected chi connectivity index (χ4v) is 8.29. The molecule has 6 aliphatic rings. The molecule has 1 atom stereocenters. The molecule has 5 saturated carbocycles. The van der Waals surface area contributed by atoms with Crippen molar-refractivity contribution >= 4 is 11.9 Å². The van der Waals surface area contributed by atoms with Crippen molar-refractivity contribution < 1.29 is 14.3 Å². The second-order valence-corrected chi connectivity index (χ2v) is 11.6. The number of rotatable bonds is 5. The molecule has 6 heteroatoms. The molecular formula is C27H39N3O3. The van der Waals surface area contributed by atoms with Gasteiger partial charge in [0.25, 0.3) is 5.91 Å². The Bertz CT molecular complexity index is 888. The summed E-state index contributed by atoms with van der Waals surface area (Å²) >= 11 is 0. The first-order valence-electron chi connectivity index (χ1n) is 13.7. The van der Waals surface area contributed by atoms with Gasteiger partial charge in [0.15, 0.2) is 5.69 Å². The van der Waals surface area contributed by atoms with Gasteiger partial charge in [-0.1, -0.05) is 19.3 Å². The van der Waals surface area contributed by atoms with E-state index in [1.54, 1.807) is 0 Å². The Hall–Kier alpha value is -1.85. The highest BCUT2D eigenvalue weighted by atomic mass is 16.5. The minimum absolute atomic E-state index is 0.00258. The Balaban J connectivity index is 1.27. The largest absolute Gasteiger partial charge is 0.466 e. The van der Waals surface area contributed by atoms with Gasteiger partial charge < -0.3 is 10.1 Å². The monoisotopic (exact) mass is 453 g/mol. The number of nitrogens with one attached hydrogen (secondary N) is 1. The third-order valence-electron chi connectivity index (χ3n) is 9.58. The van der Waals surface area contributed by atoms with Crippen LogP contribution in [0.2, 0.25) is 0 Å². The molecule has 0 saturated heterocycles. The zero-order chi connectivity index (χ0) is 22.5. The van der Waals surface area contributed by atoms with Crippen molar-refractivity contribution in [3.8, 4) is 0 Å². The third kappa shape index (κ3) is 3.91. The number of aromatic nitrogens is 2. The predicted molar refractivity (Wildman–Crippen MR) is 125 cm³/mol. The van der Waals surface area contributed by atoms with Gasteiger partial charge in [0.2, 0.25) is 0 Å².